The molecule has 0 aromatic rings. The van der Waals surface area contributed by atoms with E-state index in [-0.39, 0.29) is 30.4 Å². The summed E-state index contributed by atoms with van der Waals surface area (Å²) >= 11 is 0. The van der Waals surface area contributed by atoms with E-state index in [4.69, 9.17) is 18.3 Å². The first kappa shape index (κ1) is 17.1. The summed E-state index contributed by atoms with van der Waals surface area (Å²) in [6, 6.07) is 0. The Morgan fingerprint density at radius 3 is 2.33 bits per heavy atom. The normalized spacial score (nSPS) is 33.7. The number of esters is 1. The van der Waals surface area contributed by atoms with Crippen LogP contribution in [-0.4, -0.2) is 53.6 Å². The summed E-state index contributed by atoms with van der Waals surface area (Å²) in [5, 5.41) is 0. The zero-order valence-corrected chi connectivity index (χ0v) is 16.0. The molecule has 5 nitrogen and oxygen atoms in total. The fraction of sp³-hybridized carbons (Fsp3) is 0.929. The largest absolute Gasteiger partial charge is 0.459 e. The summed E-state index contributed by atoms with van der Waals surface area (Å²) < 4.78 is 23.7. The van der Waals surface area contributed by atoms with E-state index in [1.807, 2.05) is 0 Å². The SMILES string of the molecule is C[Si](C)(C)OC[C@H]1O[C@@H]2CC(=O)O[C@@H]2C[C@H]1O[Si](C)(C)C. The summed E-state index contributed by atoms with van der Waals surface area (Å²) in [6.45, 7) is 13.5. The lowest BCUT2D eigenvalue weighted by atomic mass is 9.98. The van der Waals surface area contributed by atoms with E-state index in [0.717, 1.165) is 6.42 Å². The molecule has 0 radical (unpaired) electrons. The van der Waals surface area contributed by atoms with Gasteiger partial charge in [0.05, 0.1) is 19.1 Å². The maximum atomic E-state index is 11.5. The minimum atomic E-state index is -1.69. The highest BCUT2D eigenvalue weighted by Crippen LogP contribution is 2.33. The number of carbonyl (C=O) groups excluding carboxylic acids is 1. The third-order valence-electron chi connectivity index (χ3n) is 3.48. The second-order valence-electron chi connectivity index (χ2n) is 7.87. The van der Waals surface area contributed by atoms with E-state index in [1.54, 1.807) is 0 Å². The van der Waals surface area contributed by atoms with E-state index < -0.39 is 16.6 Å². The molecular formula is C14H28O5Si2. The van der Waals surface area contributed by atoms with Crippen LogP contribution >= 0.6 is 0 Å². The lowest BCUT2D eigenvalue weighted by Gasteiger charge is -2.40. The third kappa shape index (κ3) is 5.17. The molecule has 0 aromatic carbocycles. The van der Waals surface area contributed by atoms with Crippen LogP contribution in [0.3, 0.4) is 0 Å². The van der Waals surface area contributed by atoms with Gasteiger partial charge in [-0.2, -0.15) is 0 Å². The van der Waals surface area contributed by atoms with Gasteiger partial charge in [-0.3, -0.25) is 4.79 Å². The number of carbonyl (C=O) groups is 1. The molecule has 2 saturated heterocycles. The molecule has 0 unspecified atom stereocenters. The molecule has 2 aliphatic rings. The molecule has 0 saturated carbocycles. The van der Waals surface area contributed by atoms with Crippen molar-refractivity contribution < 1.29 is 23.1 Å². The molecule has 0 amide bonds. The second kappa shape index (κ2) is 6.12. The van der Waals surface area contributed by atoms with E-state index in [2.05, 4.69) is 39.3 Å². The highest BCUT2D eigenvalue weighted by molar-refractivity contribution is 6.70. The highest BCUT2D eigenvalue weighted by Gasteiger charge is 2.46. The monoisotopic (exact) mass is 332 g/mol. The molecule has 2 fully saturated rings. The molecule has 21 heavy (non-hydrogen) atoms. The summed E-state index contributed by atoms with van der Waals surface area (Å²) in [4.78, 5) is 11.5. The van der Waals surface area contributed by atoms with Gasteiger partial charge in [0.2, 0.25) is 0 Å². The van der Waals surface area contributed by atoms with E-state index in [9.17, 15) is 4.79 Å². The first-order chi connectivity index (χ1) is 9.53. The quantitative estimate of drug-likeness (QED) is 0.572. The minimum Gasteiger partial charge on any atom is -0.459 e. The molecule has 0 bridgehead atoms. The van der Waals surface area contributed by atoms with Crippen molar-refractivity contribution in [2.24, 2.45) is 0 Å². The Kier molecular flexibility index (Phi) is 4.99. The van der Waals surface area contributed by atoms with Crippen LogP contribution in [0.2, 0.25) is 39.3 Å². The van der Waals surface area contributed by atoms with Crippen molar-refractivity contribution in [2.45, 2.75) is 76.5 Å². The summed E-state index contributed by atoms with van der Waals surface area (Å²) in [6.07, 6.45) is 0.657. The fourth-order valence-electron chi connectivity index (χ4n) is 2.67. The van der Waals surface area contributed by atoms with Crippen molar-refractivity contribution >= 4 is 22.6 Å². The van der Waals surface area contributed by atoms with Crippen LogP contribution in [-0.2, 0) is 23.1 Å². The van der Waals surface area contributed by atoms with Crippen molar-refractivity contribution in [3.8, 4) is 0 Å². The van der Waals surface area contributed by atoms with Crippen molar-refractivity contribution in [3.05, 3.63) is 0 Å². The first-order valence-electron chi connectivity index (χ1n) is 7.70. The van der Waals surface area contributed by atoms with Gasteiger partial charge in [0, 0.05) is 6.42 Å². The van der Waals surface area contributed by atoms with Crippen molar-refractivity contribution in [1.29, 1.82) is 0 Å². The predicted molar refractivity (Wildman–Crippen MR) is 85.3 cm³/mol. The standard InChI is InChI=1S/C14H28O5Si2/c1-20(2,3)16-9-13-12(19-21(4,5)6)7-10-11(17-13)8-14(15)18-10/h10-13H,7-9H2,1-6H3/t10-,11-,12-,13-/m1/s1. The summed E-state index contributed by atoms with van der Waals surface area (Å²) in [7, 11) is -3.29. The van der Waals surface area contributed by atoms with Gasteiger partial charge in [-0.25, -0.2) is 0 Å². The Labute approximate surface area is 129 Å². The maximum Gasteiger partial charge on any atom is 0.308 e. The third-order valence-corrected chi connectivity index (χ3v) is 5.52. The Hall–Kier alpha value is -0.216. The topological polar surface area (TPSA) is 54.0 Å². The zero-order chi connectivity index (χ0) is 15.8. The van der Waals surface area contributed by atoms with Gasteiger partial charge in [-0.05, 0) is 39.3 Å². The molecule has 0 aromatic heterocycles. The molecule has 2 heterocycles. The van der Waals surface area contributed by atoms with Gasteiger partial charge in [-0.15, -0.1) is 0 Å². The number of rotatable bonds is 5. The second-order valence-corrected chi connectivity index (χ2v) is 16.8. The van der Waals surface area contributed by atoms with Crippen molar-refractivity contribution in [3.63, 3.8) is 0 Å². The van der Waals surface area contributed by atoms with E-state index in [1.165, 1.54) is 0 Å². The van der Waals surface area contributed by atoms with Crippen molar-refractivity contribution in [1.82, 2.24) is 0 Å². The van der Waals surface area contributed by atoms with Gasteiger partial charge >= 0.3 is 5.97 Å². The molecule has 2 aliphatic heterocycles. The first-order valence-corrected chi connectivity index (χ1v) is 14.5. The smallest absolute Gasteiger partial charge is 0.308 e. The summed E-state index contributed by atoms with van der Waals surface area (Å²) in [5.74, 6) is -0.163. The van der Waals surface area contributed by atoms with Gasteiger partial charge in [-0.1, -0.05) is 0 Å². The fourth-order valence-corrected chi connectivity index (χ4v) is 4.49. The van der Waals surface area contributed by atoms with Crippen LogP contribution in [0, 0.1) is 0 Å². The van der Waals surface area contributed by atoms with Crippen LogP contribution in [0.5, 0.6) is 0 Å². The van der Waals surface area contributed by atoms with Gasteiger partial charge < -0.3 is 18.3 Å². The number of fused-ring (bicyclic) bond motifs is 1. The van der Waals surface area contributed by atoms with Crippen LogP contribution in [0.15, 0.2) is 0 Å². The molecule has 0 spiro atoms. The minimum absolute atomic E-state index is 0.0415. The Morgan fingerprint density at radius 2 is 1.76 bits per heavy atom. The highest BCUT2D eigenvalue weighted by atomic mass is 28.4. The molecule has 122 valence electrons. The maximum absolute atomic E-state index is 11.5. The van der Waals surface area contributed by atoms with E-state index in [0.29, 0.717) is 13.0 Å². The molecular weight excluding hydrogens is 304 g/mol. The number of hydrogen-bond acceptors (Lipinski definition) is 5. The van der Waals surface area contributed by atoms with Crippen LogP contribution in [0.1, 0.15) is 12.8 Å². The molecule has 4 atom stereocenters. The van der Waals surface area contributed by atoms with Gasteiger partial charge in [0.25, 0.3) is 0 Å². The zero-order valence-electron chi connectivity index (χ0n) is 14.0. The predicted octanol–water partition coefficient (Wildman–Crippen LogP) is 2.53. The molecule has 0 N–H and O–H groups in total. The average molecular weight is 333 g/mol. The van der Waals surface area contributed by atoms with Crippen LogP contribution in [0.25, 0.3) is 0 Å². The van der Waals surface area contributed by atoms with Gasteiger partial charge in [0.15, 0.2) is 16.6 Å². The molecule has 7 heteroatoms. The van der Waals surface area contributed by atoms with Gasteiger partial charge in [0.1, 0.15) is 18.3 Å². The van der Waals surface area contributed by atoms with Crippen LogP contribution in [0.4, 0.5) is 0 Å². The average Bonchev–Trinajstić information content (AvgIpc) is 2.62. The molecule has 2 rings (SSSR count). The van der Waals surface area contributed by atoms with E-state index >= 15 is 0 Å². The lowest BCUT2D eigenvalue weighted by molar-refractivity contribution is -0.162. The van der Waals surface area contributed by atoms with Crippen LogP contribution < -0.4 is 0 Å². The Bertz CT molecular complexity index is 388. The number of hydrogen-bond donors (Lipinski definition) is 0. The summed E-state index contributed by atoms with van der Waals surface area (Å²) in [5.41, 5.74) is 0. The van der Waals surface area contributed by atoms with Crippen molar-refractivity contribution in [2.75, 3.05) is 6.61 Å². The molecule has 0 aliphatic carbocycles. The number of ether oxygens (including phenoxy) is 2. The lowest BCUT2D eigenvalue weighted by Crippen LogP contribution is -2.52. The Morgan fingerprint density at radius 1 is 1.10 bits per heavy atom. The Balaban J connectivity index is 2.04.